The van der Waals surface area contributed by atoms with Gasteiger partial charge in [-0.25, -0.2) is 19.3 Å². The zero-order valence-corrected chi connectivity index (χ0v) is 13.2. The first-order chi connectivity index (χ1) is 11.9. The number of nitrogens with zero attached hydrogens (tertiary/aromatic N) is 4. The minimum Gasteiger partial charge on any atom is -0.477 e. The number of piperidine rings is 1. The second kappa shape index (κ2) is 7.20. The second-order valence-electron chi connectivity index (χ2n) is 5.81. The van der Waals surface area contributed by atoms with Crippen molar-refractivity contribution < 1.29 is 22.3 Å². The van der Waals surface area contributed by atoms with Gasteiger partial charge in [0.25, 0.3) is 0 Å². The highest BCUT2D eigenvalue weighted by molar-refractivity contribution is 5.38. The van der Waals surface area contributed by atoms with Crippen molar-refractivity contribution in [3.05, 3.63) is 42.2 Å². The number of hydrogen-bond donors (Lipinski definition) is 0. The molecule has 2 aromatic rings. The number of halogens is 4. The largest absolute Gasteiger partial charge is 0.477 e. The van der Waals surface area contributed by atoms with E-state index in [4.69, 9.17) is 4.74 Å². The van der Waals surface area contributed by atoms with E-state index in [0.29, 0.717) is 13.1 Å². The number of rotatable bonds is 4. The highest BCUT2D eigenvalue weighted by Crippen LogP contribution is 2.35. The summed E-state index contributed by atoms with van der Waals surface area (Å²) in [7, 11) is 0. The molecule has 3 heterocycles. The molecular weight excluding hydrogens is 340 g/mol. The molecule has 1 atom stereocenters. The number of hydrogen-bond acceptors (Lipinski definition) is 5. The van der Waals surface area contributed by atoms with E-state index in [2.05, 4.69) is 15.0 Å². The Labute approximate surface area is 141 Å². The lowest BCUT2D eigenvalue weighted by molar-refractivity contribution is -0.139. The molecule has 1 aliphatic rings. The first kappa shape index (κ1) is 17.4. The molecule has 3 rings (SSSR count). The molecule has 0 spiro atoms. The van der Waals surface area contributed by atoms with Crippen LogP contribution in [-0.2, 0) is 6.18 Å². The van der Waals surface area contributed by atoms with Gasteiger partial charge in [-0.3, -0.25) is 0 Å². The first-order valence-electron chi connectivity index (χ1n) is 7.80. The molecule has 1 aliphatic heterocycles. The van der Waals surface area contributed by atoms with Gasteiger partial charge in [0.15, 0.2) is 11.6 Å². The average Bonchev–Trinajstić information content (AvgIpc) is 2.60. The molecule has 1 saturated heterocycles. The van der Waals surface area contributed by atoms with Gasteiger partial charge in [0.2, 0.25) is 5.88 Å². The van der Waals surface area contributed by atoms with Crippen LogP contribution in [0.5, 0.6) is 5.88 Å². The van der Waals surface area contributed by atoms with Gasteiger partial charge < -0.3 is 9.64 Å². The molecule has 9 heteroatoms. The molecule has 0 N–H and O–H groups in total. The lowest BCUT2D eigenvalue weighted by Crippen LogP contribution is -2.38. The molecule has 2 aromatic heterocycles. The fraction of sp³-hybridized carbons (Fsp3) is 0.438. The molecule has 1 fully saturated rings. The Morgan fingerprint density at radius 3 is 2.88 bits per heavy atom. The quantitative estimate of drug-likeness (QED) is 0.787. The monoisotopic (exact) mass is 356 g/mol. The number of pyridine rings is 1. The van der Waals surface area contributed by atoms with E-state index in [1.165, 1.54) is 18.6 Å². The normalized spacial score (nSPS) is 18.2. The number of alkyl halides is 3. The number of anilines is 1. The summed E-state index contributed by atoms with van der Waals surface area (Å²) >= 11 is 0. The van der Waals surface area contributed by atoms with Crippen LogP contribution in [0.15, 0.2) is 30.9 Å². The van der Waals surface area contributed by atoms with Crippen LogP contribution in [-0.4, -0.2) is 34.6 Å². The van der Waals surface area contributed by atoms with Crippen molar-refractivity contribution in [1.82, 2.24) is 15.0 Å². The van der Waals surface area contributed by atoms with E-state index in [1.54, 1.807) is 4.90 Å². The van der Waals surface area contributed by atoms with Crippen LogP contribution in [0.25, 0.3) is 0 Å². The molecular formula is C16H16F4N4O. The van der Waals surface area contributed by atoms with Gasteiger partial charge >= 0.3 is 6.18 Å². The van der Waals surface area contributed by atoms with Gasteiger partial charge in [0.1, 0.15) is 11.9 Å². The van der Waals surface area contributed by atoms with Crippen LogP contribution in [0.2, 0.25) is 0 Å². The van der Waals surface area contributed by atoms with Crippen LogP contribution in [0.3, 0.4) is 0 Å². The zero-order valence-electron chi connectivity index (χ0n) is 13.2. The molecule has 1 unspecified atom stereocenters. The van der Waals surface area contributed by atoms with Gasteiger partial charge in [0.05, 0.1) is 12.8 Å². The molecule has 0 saturated carbocycles. The smallest absolute Gasteiger partial charge is 0.421 e. The van der Waals surface area contributed by atoms with Crippen LogP contribution in [0, 0.1) is 11.7 Å². The van der Waals surface area contributed by atoms with Crippen molar-refractivity contribution in [1.29, 1.82) is 0 Å². The Bertz CT molecular complexity index is 725. The Balaban J connectivity index is 1.66. The summed E-state index contributed by atoms with van der Waals surface area (Å²) in [5, 5.41) is 0. The van der Waals surface area contributed by atoms with E-state index >= 15 is 0 Å². The third-order valence-electron chi connectivity index (χ3n) is 4.00. The third kappa shape index (κ3) is 4.15. The Hall–Kier alpha value is -2.45. The van der Waals surface area contributed by atoms with Crippen molar-refractivity contribution in [3.63, 3.8) is 0 Å². The summed E-state index contributed by atoms with van der Waals surface area (Å²) in [6, 6.07) is 2.15. The van der Waals surface area contributed by atoms with Crippen LogP contribution >= 0.6 is 0 Å². The maximum atomic E-state index is 13.8. The third-order valence-corrected chi connectivity index (χ3v) is 4.00. The predicted molar refractivity (Wildman–Crippen MR) is 81.7 cm³/mol. The van der Waals surface area contributed by atoms with Crippen molar-refractivity contribution in [2.45, 2.75) is 19.0 Å². The lowest BCUT2D eigenvalue weighted by Gasteiger charge is -2.33. The highest BCUT2D eigenvalue weighted by atomic mass is 19.4. The number of ether oxygens (including phenoxy) is 1. The highest BCUT2D eigenvalue weighted by Gasteiger charge is 2.35. The molecule has 25 heavy (non-hydrogen) atoms. The lowest BCUT2D eigenvalue weighted by atomic mass is 9.99. The topological polar surface area (TPSA) is 51.1 Å². The summed E-state index contributed by atoms with van der Waals surface area (Å²) in [5.74, 6) is -0.798. The van der Waals surface area contributed by atoms with Crippen molar-refractivity contribution in [2.75, 3.05) is 24.6 Å². The molecule has 0 radical (unpaired) electrons. The van der Waals surface area contributed by atoms with Gasteiger partial charge in [-0.2, -0.15) is 13.2 Å². The standard InChI is InChI=1S/C16H16F4N4O/c17-13-7-21-10-23-14(13)24-6-2-3-11(8-24)9-25-15-12(16(18,19)20)4-1-5-22-15/h1,4-5,7,10-11H,2-3,6,8-9H2. The fourth-order valence-corrected chi connectivity index (χ4v) is 2.85. The predicted octanol–water partition coefficient (Wildman–Crippen LogP) is 3.32. The molecule has 0 bridgehead atoms. The summed E-state index contributed by atoms with van der Waals surface area (Å²) in [5.41, 5.74) is -0.899. The summed E-state index contributed by atoms with van der Waals surface area (Å²) in [6.07, 6.45) is 0.636. The maximum absolute atomic E-state index is 13.8. The zero-order chi connectivity index (χ0) is 17.9. The van der Waals surface area contributed by atoms with E-state index < -0.39 is 23.4 Å². The Kier molecular flexibility index (Phi) is 5.00. The van der Waals surface area contributed by atoms with Gasteiger partial charge in [-0.05, 0) is 25.0 Å². The Morgan fingerprint density at radius 2 is 2.12 bits per heavy atom. The SMILES string of the molecule is Fc1cncnc1N1CCCC(COc2ncccc2C(F)(F)F)C1. The second-order valence-corrected chi connectivity index (χ2v) is 5.81. The van der Waals surface area contributed by atoms with E-state index in [9.17, 15) is 17.6 Å². The van der Waals surface area contributed by atoms with Gasteiger partial charge in [0, 0.05) is 25.2 Å². The Morgan fingerprint density at radius 1 is 1.28 bits per heavy atom. The van der Waals surface area contributed by atoms with E-state index in [1.807, 2.05) is 0 Å². The first-order valence-corrected chi connectivity index (χ1v) is 7.80. The maximum Gasteiger partial charge on any atom is 0.421 e. The number of aromatic nitrogens is 3. The van der Waals surface area contributed by atoms with E-state index in [0.717, 1.165) is 25.1 Å². The molecule has 5 nitrogen and oxygen atoms in total. The van der Waals surface area contributed by atoms with Gasteiger partial charge in [-0.1, -0.05) is 0 Å². The summed E-state index contributed by atoms with van der Waals surface area (Å²) in [6.45, 7) is 1.15. The molecule has 134 valence electrons. The van der Waals surface area contributed by atoms with Crippen molar-refractivity contribution in [3.8, 4) is 5.88 Å². The minimum atomic E-state index is -4.52. The molecule has 0 aliphatic carbocycles. The molecule has 0 aromatic carbocycles. The van der Waals surface area contributed by atoms with Crippen LogP contribution in [0.4, 0.5) is 23.4 Å². The van der Waals surface area contributed by atoms with E-state index in [-0.39, 0.29) is 18.3 Å². The fourth-order valence-electron chi connectivity index (χ4n) is 2.85. The minimum absolute atomic E-state index is 0.0498. The summed E-state index contributed by atoms with van der Waals surface area (Å²) in [4.78, 5) is 13.0. The average molecular weight is 356 g/mol. The molecule has 0 amide bonds. The van der Waals surface area contributed by atoms with Gasteiger partial charge in [-0.15, -0.1) is 0 Å². The summed E-state index contributed by atoms with van der Waals surface area (Å²) < 4.78 is 58.0. The van der Waals surface area contributed by atoms with Crippen LogP contribution < -0.4 is 9.64 Å². The van der Waals surface area contributed by atoms with Crippen LogP contribution in [0.1, 0.15) is 18.4 Å². The van der Waals surface area contributed by atoms with Crippen molar-refractivity contribution in [2.24, 2.45) is 5.92 Å². The van der Waals surface area contributed by atoms with Crippen molar-refractivity contribution >= 4 is 5.82 Å².